The van der Waals surface area contributed by atoms with Gasteiger partial charge < -0.3 is 30.8 Å². The maximum Gasteiger partial charge on any atom is 0.111 e. The third-order valence-corrected chi connectivity index (χ3v) is 4.17. The van der Waals surface area contributed by atoms with E-state index in [1.54, 1.807) is 0 Å². The van der Waals surface area contributed by atoms with Gasteiger partial charge in [0.2, 0.25) is 0 Å². The van der Waals surface area contributed by atoms with Crippen molar-refractivity contribution in [2.45, 2.75) is 74.7 Å². The van der Waals surface area contributed by atoms with Crippen molar-refractivity contribution in [2.75, 3.05) is 0 Å². The van der Waals surface area contributed by atoms with Crippen LogP contribution in [0, 0.1) is 0 Å². The predicted octanol–water partition coefficient (Wildman–Crippen LogP) is -1.90. The Kier molecular flexibility index (Phi) is 4.58. The van der Waals surface area contributed by atoms with E-state index in [2.05, 4.69) is 5.32 Å². The molecule has 0 amide bonds. The molecule has 0 spiro atoms. The highest BCUT2D eigenvalue weighted by molar-refractivity contribution is 5.03. The molecule has 2 aliphatic carbocycles. The first kappa shape index (κ1) is 14.2. The molecule has 6 atom stereocenters. The van der Waals surface area contributed by atoms with Gasteiger partial charge in [-0.25, -0.2) is 0 Å². The summed E-state index contributed by atoms with van der Waals surface area (Å²) in [4.78, 5) is 0. The molecule has 2 aliphatic rings. The molecule has 0 aliphatic heterocycles. The lowest BCUT2D eigenvalue weighted by Crippen LogP contribution is -2.68. The first-order valence-corrected chi connectivity index (χ1v) is 6.68. The summed E-state index contributed by atoms with van der Waals surface area (Å²) < 4.78 is 0. The minimum Gasteiger partial charge on any atom is -0.389 e. The molecule has 0 aromatic heterocycles. The zero-order chi connectivity index (χ0) is 13.3. The molecule has 106 valence electrons. The normalized spacial score (nSPS) is 47.2. The number of hydrogen-bond donors (Lipinski definition) is 6. The molecule has 2 saturated carbocycles. The molecule has 0 heterocycles. The fourth-order valence-corrected chi connectivity index (χ4v) is 2.97. The van der Waals surface area contributed by atoms with E-state index in [9.17, 15) is 25.5 Å². The quantitative estimate of drug-likeness (QED) is 0.346. The van der Waals surface area contributed by atoms with E-state index < -0.39 is 36.6 Å². The van der Waals surface area contributed by atoms with Gasteiger partial charge in [0.1, 0.15) is 30.5 Å². The van der Waals surface area contributed by atoms with Crippen LogP contribution in [0.5, 0.6) is 0 Å². The summed E-state index contributed by atoms with van der Waals surface area (Å²) in [6.45, 7) is 0. The average molecular weight is 261 g/mol. The molecule has 0 aromatic carbocycles. The molecule has 2 unspecified atom stereocenters. The third-order valence-electron chi connectivity index (χ3n) is 4.17. The van der Waals surface area contributed by atoms with E-state index in [1.165, 1.54) is 6.42 Å². The number of aliphatic hydroxyl groups is 5. The van der Waals surface area contributed by atoms with Gasteiger partial charge in [-0.3, -0.25) is 0 Å². The first-order chi connectivity index (χ1) is 8.52. The minimum atomic E-state index is -1.51. The van der Waals surface area contributed by atoms with Gasteiger partial charge in [-0.2, -0.15) is 0 Å². The third kappa shape index (κ3) is 2.68. The van der Waals surface area contributed by atoms with Crippen LogP contribution in [0.1, 0.15) is 32.1 Å². The van der Waals surface area contributed by atoms with Crippen molar-refractivity contribution in [1.82, 2.24) is 5.32 Å². The van der Waals surface area contributed by atoms with Gasteiger partial charge in [0.15, 0.2) is 0 Å². The lowest BCUT2D eigenvalue weighted by molar-refractivity contribution is -0.191. The SMILES string of the molecule is OC1[C@@H](O)[C@H](O)C(NC2CCCCC2)[C@@H](O)[C@H]1O. The van der Waals surface area contributed by atoms with E-state index in [0.29, 0.717) is 0 Å². The molecule has 2 fully saturated rings. The van der Waals surface area contributed by atoms with Crippen molar-refractivity contribution >= 4 is 0 Å². The zero-order valence-corrected chi connectivity index (χ0v) is 10.3. The van der Waals surface area contributed by atoms with Gasteiger partial charge in [0.25, 0.3) is 0 Å². The van der Waals surface area contributed by atoms with Gasteiger partial charge in [-0.05, 0) is 12.8 Å². The molecular formula is C12H23NO5. The number of aliphatic hydroxyl groups excluding tert-OH is 5. The summed E-state index contributed by atoms with van der Waals surface area (Å²) in [5, 5.41) is 51.6. The summed E-state index contributed by atoms with van der Waals surface area (Å²) in [6.07, 6.45) is -1.63. The van der Waals surface area contributed by atoms with Crippen LogP contribution in [-0.2, 0) is 0 Å². The summed E-state index contributed by atoms with van der Waals surface area (Å²) in [5.74, 6) is 0. The van der Waals surface area contributed by atoms with Crippen molar-refractivity contribution in [3.8, 4) is 0 Å². The molecule has 6 nitrogen and oxygen atoms in total. The van der Waals surface area contributed by atoms with E-state index in [0.717, 1.165) is 25.7 Å². The summed E-state index contributed by atoms with van der Waals surface area (Å²) in [5.41, 5.74) is 0. The Balaban J connectivity index is 2.00. The van der Waals surface area contributed by atoms with Crippen LogP contribution in [0.25, 0.3) is 0 Å². The molecular weight excluding hydrogens is 238 g/mol. The van der Waals surface area contributed by atoms with Crippen LogP contribution in [0.15, 0.2) is 0 Å². The lowest BCUT2D eigenvalue weighted by Gasteiger charge is -2.44. The highest BCUT2D eigenvalue weighted by Crippen LogP contribution is 2.24. The molecule has 0 saturated heterocycles. The van der Waals surface area contributed by atoms with Crippen LogP contribution in [-0.4, -0.2) is 68.1 Å². The average Bonchev–Trinajstić information content (AvgIpc) is 2.40. The van der Waals surface area contributed by atoms with Gasteiger partial charge in [0.05, 0.1) is 6.04 Å². The molecule has 0 bridgehead atoms. The van der Waals surface area contributed by atoms with Crippen molar-refractivity contribution < 1.29 is 25.5 Å². The van der Waals surface area contributed by atoms with E-state index >= 15 is 0 Å². The lowest BCUT2D eigenvalue weighted by atomic mass is 9.82. The Morgan fingerprint density at radius 2 is 1.06 bits per heavy atom. The van der Waals surface area contributed by atoms with Crippen LogP contribution >= 0.6 is 0 Å². The Morgan fingerprint density at radius 3 is 1.56 bits per heavy atom. The van der Waals surface area contributed by atoms with Crippen molar-refractivity contribution in [1.29, 1.82) is 0 Å². The Hall–Kier alpha value is -0.240. The van der Waals surface area contributed by atoms with Gasteiger partial charge in [0, 0.05) is 6.04 Å². The minimum absolute atomic E-state index is 0.183. The molecule has 0 radical (unpaired) electrons. The van der Waals surface area contributed by atoms with Crippen LogP contribution < -0.4 is 5.32 Å². The molecule has 0 aromatic rings. The predicted molar refractivity (Wildman–Crippen MR) is 63.8 cm³/mol. The van der Waals surface area contributed by atoms with Crippen LogP contribution in [0.3, 0.4) is 0 Å². The van der Waals surface area contributed by atoms with E-state index in [4.69, 9.17) is 0 Å². The maximum atomic E-state index is 9.88. The van der Waals surface area contributed by atoms with Crippen LogP contribution in [0.2, 0.25) is 0 Å². The molecule has 18 heavy (non-hydrogen) atoms. The Morgan fingerprint density at radius 1 is 0.611 bits per heavy atom. The second-order valence-corrected chi connectivity index (χ2v) is 5.48. The van der Waals surface area contributed by atoms with Gasteiger partial charge in [-0.15, -0.1) is 0 Å². The highest BCUT2D eigenvalue weighted by atomic mass is 16.4. The standard InChI is InChI=1S/C12H23NO5/c14-8-7(13-6-4-2-1-3-5-6)9(15)11(17)12(18)10(8)16/h6-18H,1-5H2/t7?,8-,9-,10-,11+,12?/m1/s1. The Labute approximate surface area is 106 Å². The van der Waals surface area contributed by atoms with Gasteiger partial charge >= 0.3 is 0 Å². The number of nitrogens with one attached hydrogen (secondary N) is 1. The Bertz CT molecular complexity index is 255. The second kappa shape index (κ2) is 5.81. The van der Waals surface area contributed by atoms with E-state index in [1.807, 2.05) is 0 Å². The van der Waals surface area contributed by atoms with Crippen LogP contribution in [0.4, 0.5) is 0 Å². The summed E-state index contributed by atoms with van der Waals surface area (Å²) in [6, 6.07) is -0.621. The van der Waals surface area contributed by atoms with Gasteiger partial charge in [-0.1, -0.05) is 19.3 Å². The zero-order valence-electron chi connectivity index (χ0n) is 10.3. The number of hydrogen-bond acceptors (Lipinski definition) is 6. The maximum absolute atomic E-state index is 9.88. The second-order valence-electron chi connectivity index (χ2n) is 5.48. The van der Waals surface area contributed by atoms with Crippen molar-refractivity contribution in [3.63, 3.8) is 0 Å². The molecule has 2 rings (SSSR count). The molecule has 6 heteroatoms. The smallest absolute Gasteiger partial charge is 0.111 e. The fraction of sp³-hybridized carbons (Fsp3) is 1.00. The number of rotatable bonds is 2. The van der Waals surface area contributed by atoms with Crippen molar-refractivity contribution in [2.24, 2.45) is 0 Å². The highest BCUT2D eigenvalue weighted by Gasteiger charge is 2.48. The fourth-order valence-electron chi connectivity index (χ4n) is 2.97. The topological polar surface area (TPSA) is 113 Å². The monoisotopic (exact) mass is 261 g/mol. The summed E-state index contributed by atoms with van der Waals surface area (Å²) >= 11 is 0. The largest absolute Gasteiger partial charge is 0.389 e. The first-order valence-electron chi connectivity index (χ1n) is 6.68. The summed E-state index contributed by atoms with van der Waals surface area (Å²) in [7, 11) is 0. The van der Waals surface area contributed by atoms with E-state index in [-0.39, 0.29) is 6.04 Å². The van der Waals surface area contributed by atoms with Crippen molar-refractivity contribution in [3.05, 3.63) is 0 Å². The molecule has 6 N–H and O–H groups in total.